The summed E-state index contributed by atoms with van der Waals surface area (Å²) < 4.78 is 25.8. The first-order valence-electron chi connectivity index (χ1n) is 8.19. The second-order valence-corrected chi connectivity index (χ2v) is 7.87. The van der Waals surface area contributed by atoms with E-state index in [0.29, 0.717) is 18.7 Å². The first kappa shape index (κ1) is 19.0. The van der Waals surface area contributed by atoms with Crippen LogP contribution in [0.4, 0.5) is 5.69 Å². The largest absolute Gasteiger partial charge is 0.350 e. The molecule has 2 rings (SSSR count). The molecule has 5 nitrogen and oxygen atoms in total. The molecule has 0 radical (unpaired) electrons. The van der Waals surface area contributed by atoms with Crippen molar-refractivity contribution in [2.75, 3.05) is 17.1 Å². The number of para-hydroxylation sites is 1. The van der Waals surface area contributed by atoms with Gasteiger partial charge >= 0.3 is 0 Å². The quantitative estimate of drug-likeness (QED) is 0.825. The maximum absolute atomic E-state index is 12.3. The molecule has 6 heteroatoms. The third kappa shape index (κ3) is 5.06. The smallest absolute Gasteiger partial charge is 0.241 e. The number of anilines is 1. The Morgan fingerprint density at radius 1 is 1.08 bits per heavy atom. The SMILES string of the molecule is CCc1cccc(C)c1N(CC(=O)NCc1ccccc1)S(C)(=O)=O. The van der Waals surface area contributed by atoms with E-state index in [1.807, 2.05) is 62.4 Å². The summed E-state index contributed by atoms with van der Waals surface area (Å²) in [5.41, 5.74) is 3.30. The van der Waals surface area contributed by atoms with Gasteiger partial charge in [-0.3, -0.25) is 9.10 Å². The Kier molecular flexibility index (Phi) is 6.20. The van der Waals surface area contributed by atoms with Crippen LogP contribution in [0.3, 0.4) is 0 Å². The van der Waals surface area contributed by atoms with Gasteiger partial charge in [0.25, 0.3) is 0 Å². The maximum Gasteiger partial charge on any atom is 0.241 e. The molecule has 1 amide bonds. The standard InChI is InChI=1S/C19H24N2O3S/c1-4-17-12-8-9-15(2)19(17)21(25(3,23)24)14-18(22)20-13-16-10-6-5-7-11-16/h5-12H,4,13-14H2,1-3H3,(H,20,22). The van der Waals surface area contributed by atoms with E-state index in [4.69, 9.17) is 0 Å². The summed E-state index contributed by atoms with van der Waals surface area (Å²) in [6.45, 7) is 3.96. The summed E-state index contributed by atoms with van der Waals surface area (Å²) in [6.07, 6.45) is 1.82. The van der Waals surface area contributed by atoms with Gasteiger partial charge in [-0.2, -0.15) is 0 Å². The molecule has 0 aromatic heterocycles. The van der Waals surface area contributed by atoms with Crippen LogP contribution in [0.5, 0.6) is 0 Å². The number of sulfonamides is 1. The lowest BCUT2D eigenvalue weighted by Gasteiger charge is -2.26. The molecular formula is C19H24N2O3S. The van der Waals surface area contributed by atoms with E-state index in [9.17, 15) is 13.2 Å². The van der Waals surface area contributed by atoms with Gasteiger partial charge in [-0.05, 0) is 30.0 Å². The molecule has 0 saturated heterocycles. The van der Waals surface area contributed by atoms with E-state index < -0.39 is 10.0 Å². The molecule has 0 saturated carbocycles. The van der Waals surface area contributed by atoms with Crippen molar-refractivity contribution in [3.63, 3.8) is 0 Å². The monoisotopic (exact) mass is 360 g/mol. The minimum atomic E-state index is -3.58. The number of aryl methyl sites for hydroxylation is 2. The van der Waals surface area contributed by atoms with Gasteiger partial charge in [0, 0.05) is 6.54 Å². The van der Waals surface area contributed by atoms with E-state index in [1.54, 1.807) is 0 Å². The number of carbonyl (C=O) groups is 1. The molecule has 0 fully saturated rings. The molecule has 0 bridgehead atoms. The topological polar surface area (TPSA) is 66.5 Å². The molecule has 0 aliphatic rings. The molecule has 2 aromatic carbocycles. The number of benzene rings is 2. The van der Waals surface area contributed by atoms with E-state index in [0.717, 1.165) is 22.9 Å². The fourth-order valence-corrected chi connectivity index (χ4v) is 3.65. The molecule has 0 spiro atoms. The molecule has 0 unspecified atom stereocenters. The van der Waals surface area contributed by atoms with Crippen molar-refractivity contribution in [3.05, 3.63) is 65.2 Å². The summed E-state index contributed by atoms with van der Waals surface area (Å²) in [7, 11) is -3.58. The number of carbonyl (C=O) groups excluding carboxylic acids is 1. The summed E-state index contributed by atoms with van der Waals surface area (Å²) in [5.74, 6) is -0.334. The highest BCUT2D eigenvalue weighted by atomic mass is 32.2. The molecule has 0 atom stereocenters. The zero-order valence-corrected chi connectivity index (χ0v) is 15.6. The van der Waals surface area contributed by atoms with Crippen molar-refractivity contribution >= 4 is 21.6 Å². The lowest BCUT2D eigenvalue weighted by atomic mass is 10.1. The van der Waals surface area contributed by atoms with Crippen LogP contribution in [0, 0.1) is 6.92 Å². The summed E-state index contributed by atoms with van der Waals surface area (Å²) >= 11 is 0. The third-order valence-corrected chi connectivity index (χ3v) is 5.08. The Hall–Kier alpha value is -2.34. The van der Waals surface area contributed by atoms with Crippen LogP contribution < -0.4 is 9.62 Å². The van der Waals surface area contributed by atoms with E-state index >= 15 is 0 Å². The van der Waals surface area contributed by atoms with Crippen LogP contribution in [0.25, 0.3) is 0 Å². The number of nitrogens with zero attached hydrogens (tertiary/aromatic N) is 1. The summed E-state index contributed by atoms with van der Waals surface area (Å²) in [4.78, 5) is 12.3. The van der Waals surface area contributed by atoms with Crippen LogP contribution >= 0.6 is 0 Å². The minimum absolute atomic E-state index is 0.233. The number of hydrogen-bond donors (Lipinski definition) is 1. The molecule has 134 valence electrons. The molecule has 0 aliphatic carbocycles. The average molecular weight is 360 g/mol. The van der Waals surface area contributed by atoms with Crippen LogP contribution in [0.1, 0.15) is 23.6 Å². The van der Waals surface area contributed by atoms with Crippen molar-refractivity contribution in [1.82, 2.24) is 5.32 Å². The lowest BCUT2D eigenvalue weighted by molar-refractivity contribution is -0.119. The molecule has 1 N–H and O–H groups in total. The van der Waals surface area contributed by atoms with Gasteiger partial charge in [0.05, 0.1) is 11.9 Å². The highest BCUT2D eigenvalue weighted by Gasteiger charge is 2.24. The van der Waals surface area contributed by atoms with E-state index in [2.05, 4.69) is 5.32 Å². The molecule has 25 heavy (non-hydrogen) atoms. The highest BCUT2D eigenvalue weighted by molar-refractivity contribution is 7.92. The first-order valence-corrected chi connectivity index (χ1v) is 10.0. The zero-order valence-electron chi connectivity index (χ0n) is 14.8. The van der Waals surface area contributed by atoms with Crippen molar-refractivity contribution in [3.8, 4) is 0 Å². The lowest BCUT2D eigenvalue weighted by Crippen LogP contribution is -2.41. The maximum atomic E-state index is 12.3. The van der Waals surface area contributed by atoms with E-state index in [-0.39, 0.29) is 12.5 Å². The predicted molar refractivity (Wildman–Crippen MR) is 101 cm³/mol. The number of amides is 1. The number of hydrogen-bond acceptors (Lipinski definition) is 3. The van der Waals surface area contributed by atoms with Crippen LogP contribution in [0.2, 0.25) is 0 Å². The van der Waals surface area contributed by atoms with Gasteiger partial charge in [-0.15, -0.1) is 0 Å². The van der Waals surface area contributed by atoms with Crippen molar-refractivity contribution in [2.24, 2.45) is 0 Å². The van der Waals surface area contributed by atoms with Gasteiger partial charge in [-0.25, -0.2) is 8.42 Å². The zero-order chi connectivity index (χ0) is 18.4. The Morgan fingerprint density at radius 3 is 2.36 bits per heavy atom. The van der Waals surface area contributed by atoms with Crippen LogP contribution in [-0.2, 0) is 27.8 Å². The van der Waals surface area contributed by atoms with Crippen molar-refractivity contribution < 1.29 is 13.2 Å². The van der Waals surface area contributed by atoms with Crippen molar-refractivity contribution in [1.29, 1.82) is 0 Å². The third-order valence-electron chi connectivity index (χ3n) is 3.97. The summed E-state index contributed by atoms with van der Waals surface area (Å²) in [5, 5.41) is 2.78. The van der Waals surface area contributed by atoms with Crippen LogP contribution in [0.15, 0.2) is 48.5 Å². The Bertz CT molecular complexity index is 833. The predicted octanol–water partition coefficient (Wildman–Crippen LogP) is 2.64. The van der Waals surface area contributed by atoms with E-state index in [1.165, 1.54) is 4.31 Å². The fourth-order valence-electron chi connectivity index (χ4n) is 2.71. The fraction of sp³-hybridized carbons (Fsp3) is 0.316. The van der Waals surface area contributed by atoms with Gasteiger partial charge < -0.3 is 5.32 Å². The molecule has 0 heterocycles. The second kappa shape index (κ2) is 8.16. The summed E-state index contributed by atoms with van der Waals surface area (Å²) in [6, 6.07) is 15.2. The average Bonchev–Trinajstić information content (AvgIpc) is 2.58. The van der Waals surface area contributed by atoms with Gasteiger partial charge in [0.1, 0.15) is 6.54 Å². The molecular weight excluding hydrogens is 336 g/mol. The Balaban J connectivity index is 2.21. The number of rotatable bonds is 7. The van der Waals surface area contributed by atoms with Crippen LogP contribution in [-0.4, -0.2) is 27.1 Å². The van der Waals surface area contributed by atoms with Gasteiger partial charge in [-0.1, -0.05) is 55.5 Å². The van der Waals surface area contributed by atoms with Gasteiger partial charge in [0.2, 0.25) is 15.9 Å². The van der Waals surface area contributed by atoms with Gasteiger partial charge in [0.15, 0.2) is 0 Å². The normalized spacial score (nSPS) is 11.2. The second-order valence-electron chi connectivity index (χ2n) is 5.97. The minimum Gasteiger partial charge on any atom is -0.350 e. The first-order chi connectivity index (χ1) is 11.8. The Morgan fingerprint density at radius 2 is 1.76 bits per heavy atom. The van der Waals surface area contributed by atoms with Crippen molar-refractivity contribution in [2.45, 2.75) is 26.8 Å². The highest BCUT2D eigenvalue weighted by Crippen LogP contribution is 2.27. The Labute approximate surface area is 149 Å². The molecule has 2 aromatic rings. The number of nitrogens with one attached hydrogen (secondary N) is 1. The molecule has 0 aliphatic heterocycles.